The average Bonchev–Trinajstić information content (AvgIpc) is 3.22. The van der Waals surface area contributed by atoms with Crippen LogP contribution in [0.3, 0.4) is 0 Å². The number of aryl methyl sites for hydroxylation is 2. The number of carbonyl (C=O) groups excluding carboxylic acids is 1. The molecule has 3 heterocycles. The molecule has 1 unspecified atom stereocenters. The molecule has 0 saturated heterocycles. The molecule has 134 valence electrons. The molecule has 1 aromatic carbocycles. The van der Waals surface area contributed by atoms with Crippen molar-refractivity contribution in [2.45, 2.75) is 39.9 Å². The number of benzene rings is 1. The third-order valence-electron chi connectivity index (χ3n) is 5.24. The molecule has 0 radical (unpaired) electrons. The van der Waals surface area contributed by atoms with E-state index in [1.165, 1.54) is 5.69 Å². The fraction of sp³-hybridized carbons (Fsp3) is 0.333. The smallest absolute Gasteiger partial charge is 0.254 e. The van der Waals surface area contributed by atoms with E-state index in [-0.39, 0.29) is 11.9 Å². The van der Waals surface area contributed by atoms with Crippen LogP contribution >= 0.6 is 0 Å². The Kier molecular flexibility index (Phi) is 4.15. The van der Waals surface area contributed by atoms with Crippen LogP contribution in [-0.2, 0) is 13.1 Å². The second-order valence-electron chi connectivity index (χ2n) is 7.08. The van der Waals surface area contributed by atoms with Gasteiger partial charge < -0.3 is 9.47 Å². The average molecular weight is 348 g/mol. The van der Waals surface area contributed by atoms with Crippen LogP contribution in [0.2, 0.25) is 0 Å². The van der Waals surface area contributed by atoms with Crippen molar-refractivity contribution >= 4 is 5.91 Å². The first-order chi connectivity index (χ1) is 12.5. The van der Waals surface area contributed by atoms with Crippen molar-refractivity contribution < 1.29 is 4.79 Å². The molecule has 2 aromatic heterocycles. The number of aromatic nitrogens is 3. The predicted molar refractivity (Wildman–Crippen MR) is 101 cm³/mol. The zero-order valence-electron chi connectivity index (χ0n) is 15.5. The Labute approximate surface area is 153 Å². The van der Waals surface area contributed by atoms with Gasteiger partial charge in [0.2, 0.25) is 0 Å². The van der Waals surface area contributed by atoms with Crippen molar-refractivity contribution in [1.82, 2.24) is 19.2 Å². The first-order valence-electron chi connectivity index (χ1n) is 9.09. The van der Waals surface area contributed by atoms with Gasteiger partial charge in [0.25, 0.3) is 5.91 Å². The van der Waals surface area contributed by atoms with E-state index in [4.69, 9.17) is 0 Å². The monoisotopic (exact) mass is 348 g/mol. The molecule has 26 heavy (non-hydrogen) atoms. The van der Waals surface area contributed by atoms with Crippen LogP contribution in [0.1, 0.15) is 46.0 Å². The summed E-state index contributed by atoms with van der Waals surface area (Å²) in [5, 5.41) is 4.50. The Bertz CT molecular complexity index is 935. The Morgan fingerprint density at radius 1 is 1.15 bits per heavy atom. The van der Waals surface area contributed by atoms with E-state index in [1.807, 2.05) is 46.8 Å². The van der Waals surface area contributed by atoms with E-state index >= 15 is 0 Å². The van der Waals surface area contributed by atoms with Gasteiger partial charge in [-0.1, -0.05) is 12.1 Å². The lowest BCUT2D eigenvalue weighted by molar-refractivity contribution is 0.0644. The molecule has 1 aliphatic heterocycles. The summed E-state index contributed by atoms with van der Waals surface area (Å²) < 4.78 is 4.22. The van der Waals surface area contributed by atoms with Gasteiger partial charge in [-0.3, -0.25) is 9.48 Å². The highest BCUT2D eigenvalue weighted by molar-refractivity contribution is 5.94. The molecule has 0 fully saturated rings. The minimum atomic E-state index is 0.0978. The minimum absolute atomic E-state index is 0.0978. The van der Waals surface area contributed by atoms with Gasteiger partial charge in [-0.25, -0.2) is 0 Å². The highest BCUT2D eigenvalue weighted by Gasteiger charge is 2.27. The van der Waals surface area contributed by atoms with Crippen LogP contribution in [0.5, 0.6) is 0 Å². The normalized spacial score (nSPS) is 16.6. The Hall–Kier alpha value is -2.82. The highest BCUT2D eigenvalue weighted by atomic mass is 16.2. The number of hydrogen-bond donors (Lipinski definition) is 0. The molecule has 5 heteroatoms. The maximum absolute atomic E-state index is 13.0. The zero-order chi connectivity index (χ0) is 18.3. The van der Waals surface area contributed by atoms with Gasteiger partial charge in [0, 0.05) is 36.2 Å². The van der Waals surface area contributed by atoms with E-state index in [2.05, 4.69) is 41.8 Å². The highest BCUT2D eigenvalue weighted by Crippen LogP contribution is 2.27. The number of nitrogens with zero attached hydrogens (tertiary/aromatic N) is 4. The molecule has 1 amide bonds. The molecular weight excluding hydrogens is 324 g/mol. The van der Waals surface area contributed by atoms with Crippen molar-refractivity contribution in [3.63, 3.8) is 0 Å². The van der Waals surface area contributed by atoms with Gasteiger partial charge in [-0.2, -0.15) is 5.10 Å². The second kappa shape index (κ2) is 6.48. The molecule has 0 spiro atoms. The minimum Gasteiger partial charge on any atom is -0.348 e. The molecule has 3 aromatic rings. The molecule has 0 N–H and O–H groups in total. The third kappa shape index (κ3) is 2.94. The topological polar surface area (TPSA) is 43.1 Å². The fourth-order valence-corrected chi connectivity index (χ4v) is 3.78. The lowest BCUT2D eigenvalue weighted by atomic mass is 10.1. The fourth-order valence-electron chi connectivity index (χ4n) is 3.78. The van der Waals surface area contributed by atoms with Crippen molar-refractivity contribution in [2.75, 3.05) is 6.54 Å². The first kappa shape index (κ1) is 16.6. The predicted octanol–water partition coefficient (Wildman–Crippen LogP) is 3.57. The number of amides is 1. The van der Waals surface area contributed by atoms with Crippen LogP contribution in [0.25, 0.3) is 0 Å². The van der Waals surface area contributed by atoms with Crippen molar-refractivity contribution in [2.24, 2.45) is 0 Å². The SMILES string of the molecule is Cc1cc(C)n(Cc2ccc(C(=O)N3CCn4cccc4C3C)cc2)n1. The quantitative estimate of drug-likeness (QED) is 0.726. The summed E-state index contributed by atoms with van der Waals surface area (Å²) in [6.07, 6.45) is 2.08. The number of hydrogen-bond acceptors (Lipinski definition) is 2. The Morgan fingerprint density at radius 3 is 2.62 bits per heavy atom. The number of fused-ring (bicyclic) bond motifs is 1. The molecule has 1 aliphatic rings. The van der Waals surface area contributed by atoms with Gasteiger partial charge >= 0.3 is 0 Å². The molecule has 4 rings (SSSR count). The van der Waals surface area contributed by atoms with E-state index in [9.17, 15) is 4.79 Å². The second-order valence-corrected chi connectivity index (χ2v) is 7.08. The number of carbonyl (C=O) groups is 1. The maximum Gasteiger partial charge on any atom is 0.254 e. The lowest BCUT2D eigenvalue weighted by Crippen LogP contribution is -2.40. The lowest BCUT2D eigenvalue weighted by Gasteiger charge is -2.35. The summed E-state index contributed by atoms with van der Waals surface area (Å²) >= 11 is 0. The van der Waals surface area contributed by atoms with Crippen LogP contribution in [0, 0.1) is 13.8 Å². The van der Waals surface area contributed by atoms with Crippen molar-refractivity contribution in [3.8, 4) is 0 Å². The summed E-state index contributed by atoms with van der Waals surface area (Å²) in [7, 11) is 0. The molecule has 0 aliphatic carbocycles. The van der Waals surface area contributed by atoms with Crippen LogP contribution in [0.15, 0.2) is 48.7 Å². The summed E-state index contributed by atoms with van der Waals surface area (Å²) in [5.41, 5.74) is 5.26. The van der Waals surface area contributed by atoms with Crippen LogP contribution in [0.4, 0.5) is 0 Å². The summed E-state index contributed by atoms with van der Waals surface area (Å²) in [6, 6.07) is 14.2. The summed E-state index contributed by atoms with van der Waals surface area (Å²) in [6.45, 7) is 8.48. The Morgan fingerprint density at radius 2 is 1.92 bits per heavy atom. The van der Waals surface area contributed by atoms with Crippen LogP contribution in [-0.4, -0.2) is 31.7 Å². The van der Waals surface area contributed by atoms with Crippen molar-refractivity contribution in [1.29, 1.82) is 0 Å². The zero-order valence-corrected chi connectivity index (χ0v) is 15.5. The summed E-state index contributed by atoms with van der Waals surface area (Å²) in [5.74, 6) is 0.0996. The molecule has 1 atom stereocenters. The molecule has 5 nitrogen and oxygen atoms in total. The van der Waals surface area contributed by atoms with Gasteiger partial charge in [0.1, 0.15) is 0 Å². The van der Waals surface area contributed by atoms with Gasteiger partial charge in [0.15, 0.2) is 0 Å². The maximum atomic E-state index is 13.0. The number of rotatable bonds is 3. The van der Waals surface area contributed by atoms with Crippen molar-refractivity contribution in [3.05, 3.63) is 76.9 Å². The molecular formula is C21H24N4O. The van der Waals surface area contributed by atoms with E-state index < -0.39 is 0 Å². The first-order valence-corrected chi connectivity index (χ1v) is 9.09. The summed E-state index contributed by atoms with van der Waals surface area (Å²) in [4.78, 5) is 14.9. The largest absolute Gasteiger partial charge is 0.348 e. The standard InChI is InChI=1S/C21H24N4O/c1-15-13-16(2)25(22-15)14-18-6-8-19(9-7-18)21(26)24-12-11-23-10-4-5-20(23)17(24)3/h4-10,13,17H,11-12,14H2,1-3H3. The molecule has 0 bridgehead atoms. The van der Waals surface area contributed by atoms with Crippen LogP contribution < -0.4 is 0 Å². The van der Waals surface area contributed by atoms with E-state index in [0.29, 0.717) is 0 Å². The van der Waals surface area contributed by atoms with Gasteiger partial charge in [-0.15, -0.1) is 0 Å². The van der Waals surface area contributed by atoms with Gasteiger partial charge in [0.05, 0.1) is 18.3 Å². The third-order valence-corrected chi connectivity index (χ3v) is 5.24. The molecule has 0 saturated carbocycles. The van der Waals surface area contributed by atoms with E-state index in [0.717, 1.165) is 42.1 Å². The Balaban J connectivity index is 1.50. The van der Waals surface area contributed by atoms with Gasteiger partial charge in [-0.05, 0) is 56.7 Å². The van der Waals surface area contributed by atoms with E-state index in [1.54, 1.807) is 0 Å².